The number of alkyl halides is 2. The van der Waals surface area contributed by atoms with Crippen LogP contribution in [0.3, 0.4) is 0 Å². The van der Waals surface area contributed by atoms with Gasteiger partial charge in [0.1, 0.15) is 5.54 Å². The van der Waals surface area contributed by atoms with Crippen LogP contribution in [0.1, 0.15) is 19.3 Å². The average molecular weight is 222 g/mol. The zero-order valence-corrected chi connectivity index (χ0v) is 8.62. The van der Waals surface area contributed by atoms with E-state index in [0.29, 0.717) is 12.8 Å². The van der Waals surface area contributed by atoms with E-state index in [0.717, 1.165) is 0 Å². The van der Waals surface area contributed by atoms with Gasteiger partial charge in [0.2, 0.25) is 0 Å². The number of nitrogens with zero attached hydrogens (tertiary/aromatic N) is 1. The van der Waals surface area contributed by atoms with Crippen molar-refractivity contribution in [3.05, 3.63) is 0 Å². The van der Waals surface area contributed by atoms with Crippen LogP contribution in [0.25, 0.3) is 0 Å². The van der Waals surface area contributed by atoms with E-state index >= 15 is 0 Å². The summed E-state index contributed by atoms with van der Waals surface area (Å²) in [6, 6.07) is -0.153. The molecule has 15 heavy (non-hydrogen) atoms. The van der Waals surface area contributed by atoms with Crippen molar-refractivity contribution in [3.63, 3.8) is 0 Å². The summed E-state index contributed by atoms with van der Waals surface area (Å²) in [6.07, 6.45) is -1.24. The van der Waals surface area contributed by atoms with Gasteiger partial charge in [0, 0.05) is 6.04 Å². The van der Waals surface area contributed by atoms with Crippen LogP contribution in [0.15, 0.2) is 0 Å². The van der Waals surface area contributed by atoms with Crippen LogP contribution in [0.2, 0.25) is 0 Å². The molecule has 3 N–H and O–H groups in total. The van der Waals surface area contributed by atoms with E-state index < -0.39 is 17.9 Å². The summed E-state index contributed by atoms with van der Waals surface area (Å²) in [5.41, 5.74) is 4.41. The molecule has 0 bridgehead atoms. The summed E-state index contributed by atoms with van der Waals surface area (Å²) >= 11 is 0. The lowest BCUT2D eigenvalue weighted by Crippen LogP contribution is -2.47. The highest BCUT2D eigenvalue weighted by molar-refractivity contribution is 5.79. The van der Waals surface area contributed by atoms with Gasteiger partial charge in [-0.2, -0.15) is 0 Å². The van der Waals surface area contributed by atoms with Crippen molar-refractivity contribution in [2.24, 2.45) is 5.73 Å². The number of carboxylic acid groups (broad SMARTS) is 1. The fourth-order valence-electron chi connectivity index (χ4n) is 1.99. The molecule has 1 saturated carbocycles. The lowest BCUT2D eigenvalue weighted by atomic mass is 9.99. The minimum absolute atomic E-state index is 0.153. The predicted octanol–water partition coefficient (Wildman–Crippen LogP) is 0.518. The standard InChI is InChI=1S/C9H16F2N2O2/c1-13(5-7(10)11)6-2-3-9(12,4-6)8(14)15/h6-7H,2-5,12H2,1H3,(H,14,15). The van der Waals surface area contributed by atoms with Crippen LogP contribution in [0, 0.1) is 0 Å². The Kier molecular flexibility index (Phi) is 3.62. The first-order valence-electron chi connectivity index (χ1n) is 4.86. The van der Waals surface area contributed by atoms with Gasteiger partial charge in [0.05, 0.1) is 6.54 Å². The number of hydrogen-bond donors (Lipinski definition) is 2. The molecule has 0 aromatic carbocycles. The van der Waals surface area contributed by atoms with Gasteiger partial charge in [-0.3, -0.25) is 9.69 Å². The van der Waals surface area contributed by atoms with Gasteiger partial charge in [-0.25, -0.2) is 8.78 Å². The normalized spacial score (nSPS) is 31.5. The lowest BCUT2D eigenvalue weighted by molar-refractivity contribution is -0.143. The van der Waals surface area contributed by atoms with Crippen LogP contribution < -0.4 is 5.73 Å². The van der Waals surface area contributed by atoms with E-state index in [4.69, 9.17) is 10.8 Å². The molecule has 0 aliphatic heterocycles. The molecule has 1 fully saturated rings. The Morgan fingerprint density at radius 2 is 2.33 bits per heavy atom. The highest BCUT2D eigenvalue weighted by Gasteiger charge is 2.43. The number of rotatable bonds is 4. The fraction of sp³-hybridized carbons (Fsp3) is 0.889. The quantitative estimate of drug-likeness (QED) is 0.727. The lowest BCUT2D eigenvalue weighted by Gasteiger charge is -2.25. The van der Waals surface area contributed by atoms with Gasteiger partial charge < -0.3 is 10.8 Å². The maximum atomic E-state index is 12.1. The molecular weight excluding hydrogens is 206 g/mol. The molecule has 0 spiro atoms. The van der Waals surface area contributed by atoms with Gasteiger partial charge in [-0.1, -0.05) is 0 Å². The Bertz CT molecular complexity index is 250. The maximum Gasteiger partial charge on any atom is 0.323 e. The summed E-state index contributed by atoms with van der Waals surface area (Å²) in [5, 5.41) is 8.86. The van der Waals surface area contributed by atoms with E-state index in [9.17, 15) is 13.6 Å². The van der Waals surface area contributed by atoms with E-state index in [1.165, 1.54) is 4.90 Å². The molecule has 1 rings (SSSR count). The second-order valence-electron chi connectivity index (χ2n) is 4.19. The zero-order valence-electron chi connectivity index (χ0n) is 8.62. The molecule has 0 aromatic rings. The molecular formula is C9H16F2N2O2. The topological polar surface area (TPSA) is 66.6 Å². The van der Waals surface area contributed by atoms with Gasteiger partial charge in [-0.05, 0) is 26.3 Å². The minimum Gasteiger partial charge on any atom is -0.480 e. The smallest absolute Gasteiger partial charge is 0.323 e. The predicted molar refractivity (Wildman–Crippen MR) is 50.8 cm³/mol. The van der Waals surface area contributed by atoms with Crippen molar-refractivity contribution >= 4 is 5.97 Å². The van der Waals surface area contributed by atoms with Crippen LogP contribution >= 0.6 is 0 Å². The molecule has 2 unspecified atom stereocenters. The van der Waals surface area contributed by atoms with Gasteiger partial charge in [0.15, 0.2) is 0 Å². The van der Waals surface area contributed by atoms with Crippen LogP contribution in [-0.2, 0) is 4.79 Å². The second-order valence-corrected chi connectivity index (χ2v) is 4.19. The number of halogens is 2. The Hall–Kier alpha value is -0.750. The highest BCUT2D eigenvalue weighted by atomic mass is 19.3. The summed E-state index contributed by atoms with van der Waals surface area (Å²) in [4.78, 5) is 12.3. The van der Waals surface area contributed by atoms with Crippen molar-refractivity contribution in [2.45, 2.75) is 37.3 Å². The first-order valence-corrected chi connectivity index (χ1v) is 4.86. The summed E-state index contributed by atoms with van der Waals surface area (Å²) in [5.74, 6) is -1.05. The minimum atomic E-state index is -2.40. The van der Waals surface area contributed by atoms with Crippen molar-refractivity contribution in [1.29, 1.82) is 0 Å². The third-order valence-corrected chi connectivity index (χ3v) is 3.00. The van der Waals surface area contributed by atoms with Crippen molar-refractivity contribution in [3.8, 4) is 0 Å². The third kappa shape index (κ3) is 2.85. The first kappa shape index (κ1) is 12.3. The van der Waals surface area contributed by atoms with Crippen LogP contribution in [0.5, 0.6) is 0 Å². The summed E-state index contributed by atoms with van der Waals surface area (Å²) in [6.45, 7) is -0.333. The molecule has 0 aromatic heterocycles. The zero-order chi connectivity index (χ0) is 11.6. The van der Waals surface area contributed by atoms with E-state index in [2.05, 4.69) is 0 Å². The second kappa shape index (κ2) is 4.40. The number of aliphatic carboxylic acids is 1. The van der Waals surface area contributed by atoms with E-state index in [1.807, 2.05) is 0 Å². The van der Waals surface area contributed by atoms with E-state index in [-0.39, 0.29) is 19.0 Å². The molecule has 2 atom stereocenters. The summed E-state index contributed by atoms with van der Waals surface area (Å²) in [7, 11) is 1.57. The SMILES string of the molecule is CN(CC(F)F)C1CCC(N)(C(=O)O)C1. The van der Waals surface area contributed by atoms with Gasteiger partial charge in [-0.15, -0.1) is 0 Å². The highest BCUT2D eigenvalue weighted by Crippen LogP contribution is 2.31. The van der Waals surface area contributed by atoms with Crippen molar-refractivity contribution < 1.29 is 18.7 Å². The van der Waals surface area contributed by atoms with Crippen molar-refractivity contribution in [2.75, 3.05) is 13.6 Å². The molecule has 88 valence electrons. The Morgan fingerprint density at radius 3 is 2.73 bits per heavy atom. The first-order chi connectivity index (χ1) is 6.85. The molecule has 1 aliphatic carbocycles. The maximum absolute atomic E-state index is 12.1. The number of hydrogen-bond acceptors (Lipinski definition) is 3. The molecule has 0 heterocycles. The molecule has 6 heteroatoms. The summed E-state index contributed by atoms with van der Waals surface area (Å²) < 4.78 is 24.2. The molecule has 1 aliphatic rings. The average Bonchev–Trinajstić information content (AvgIpc) is 2.48. The van der Waals surface area contributed by atoms with Crippen LogP contribution in [-0.4, -0.2) is 47.6 Å². The van der Waals surface area contributed by atoms with Crippen molar-refractivity contribution in [1.82, 2.24) is 4.90 Å². The monoisotopic (exact) mass is 222 g/mol. The molecule has 0 amide bonds. The van der Waals surface area contributed by atoms with E-state index in [1.54, 1.807) is 7.05 Å². The number of nitrogens with two attached hydrogens (primary N) is 1. The Labute approximate surface area is 87.0 Å². The Morgan fingerprint density at radius 1 is 1.73 bits per heavy atom. The van der Waals surface area contributed by atoms with Gasteiger partial charge in [0.25, 0.3) is 6.43 Å². The number of carbonyl (C=O) groups is 1. The molecule has 0 saturated heterocycles. The van der Waals surface area contributed by atoms with Gasteiger partial charge >= 0.3 is 5.97 Å². The Balaban J connectivity index is 2.52. The third-order valence-electron chi connectivity index (χ3n) is 3.00. The molecule has 4 nitrogen and oxygen atoms in total. The fourth-order valence-corrected chi connectivity index (χ4v) is 1.99. The largest absolute Gasteiger partial charge is 0.480 e. The van der Waals surface area contributed by atoms with Crippen LogP contribution in [0.4, 0.5) is 8.78 Å². The molecule has 0 radical (unpaired) electrons. The number of carboxylic acids is 1.